The molecule has 1 aliphatic rings. The minimum atomic E-state index is -5.15. The van der Waals surface area contributed by atoms with Gasteiger partial charge in [-0.25, -0.2) is 18.1 Å². The Morgan fingerprint density at radius 2 is 1.40 bits per heavy atom. The summed E-state index contributed by atoms with van der Waals surface area (Å²) in [6.45, 7) is 1.13. The summed E-state index contributed by atoms with van der Waals surface area (Å²) in [6, 6.07) is 15.9. The number of alkyl halides is 6. The Labute approximate surface area is 274 Å². The van der Waals surface area contributed by atoms with E-state index in [0.717, 1.165) is 41.5 Å². The van der Waals surface area contributed by atoms with Gasteiger partial charge in [0.15, 0.2) is 0 Å². The number of methoxy groups -OCH3 is 1. The highest BCUT2D eigenvalue weighted by molar-refractivity contribution is 7.89. The first-order valence-electron chi connectivity index (χ1n) is 15.4. The van der Waals surface area contributed by atoms with Crippen LogP contribution in [0.25, 0.3) is 10.9 Å². The summed E-state index contributed by atoms with van der Waals surface area (Å²) >= 11 is 0. The molecule has 3 aromatic carbocycles. The zero-order valence-electron chi connectivity index (χ0n) is 26.0. The molecule has 0 atom stereocenters. The van der Waals surface area contributed by atoms with E-state index in [9.17, 15) is 34.8 Å². The summed E-state index contributed by atoms with van der Waals surface area (Å²) in [4.78, 5) is 8.29. The Morgan fingerprint density at radius 1 is 0.792 bits per heavy atom. The van der Waals surface area contributed by atoms with E-state index in [4.69, 9.17) is 9.72 Å². The minimum absolute atomic E-state index is 0.0978. The molecule has 1 heterocycles. The smallest absolute Gasteiger partial charge is 0.416 e. The quantitative estimate of drug-likeness (QED) is 0.132. The first kappa shape index (κ1) is 35.2. The molecule has 0 radical (unpaired) electrons. The molecular weight excluding hydrogens is 660 g/mol. The first-order chi connectivity index (χ1) is 22.7. The van der Waals surface area contributed by atoms with Crippen LogP contribution in [0.2, 0.25) is 0 Å². The highest BCUT2D eigenvalue weighted by atomic mass is 32.2. The average Bonchev–Trinajstić information content (AvgIpc) is 3.06. The molecule has 5 rings (SSSR count). The molecule has 1 saturated carbocycles. The van der Waals surface area contributed by atoms with Crippen molar-refractivity contribution in [1.29, 1.82) is 0 Å². The number of hydrogen-bond acceptors (Lipinski definition) is 7. The van der Waals surface area contributed by atoms with Crippen LogP contribution in [0.1, 0.15) is 42.4 Å². The Kier molecular flexibility index (Phi) is 10.7. The predicted octanol–water partition coefficient (Wildman–Crippen LogP) is 7.53. The van der Waals surface area contributed by atoms with Gasteiger partial charge in [-0.2, -0.15) is 31.3 Å². The van der Waals surface area contributed by atoms with E-state index in [1.54, 1.807) is 7.11 Å². The SMILES string of the molecule is COc1ccc(CCNc2nc(NCC3CCC(CNS(=O)(=O)c4cc(C(F)(F)F)cc(C(F)(F)F)c4)CC3)nc3ccccc23)cc1. The molecule has 0 bridgehead atoms. The lowest BCUT2D eigenvalue weighted by Gasteiger charge is -2.28. The molecule has 48 heavy (non-hydrogen) atoms. The number of ether oxygens (including phenoxy) is 1. The number of rotatable bonds is 12. The summed E-state index contributed by atoms with van der Waals surface area (Å²) < 4.78 is 112. The third-order valence-corrected chi connectivity index (χ3v) is 9.82. The van der Waals surface area contributed by atoms with Crippen molar-refractivity contribution in [3.63, 3.8) is 0 Å². The molecule has 1 aromatic heterocycles. The van der Waals surface area contributed by atoms with Crippen molar-refractivity contribution in [1.82, 2.24) is 14.7 Å². The Bertz CT molecular complexity index is 1780. The highest BCUT2D eigenvalue weighted by Crippen LogP contribution is 2.37. The lowest BCUT2D eigenvalue weighted by molar-refractivity contribution is -0.143. The molecule has 0 amide bonds. The van der Waals surface area contributed by atoms with Gasteiger partial charge in [0.05, 0.1) is 28.6 Å². The summed E-state index contributed by atoms with van der Waals surface area (Å²) in [5.41, 5.74) is -1.44. The van der Waals surface area contributed by atoms with Gasteiger partial charge in [0.1, 0.15) is 11.6 Å². The van der Waals surface area contributed by atoms with Crippen LogP contribution in [-0.4, -0.2) is 45.1 Å². The fraction of sp³-hybridized carbons (Fsp3) is 0.394. The molecule has 15 heteroatoms. The number of fused-ring (bicyclic) bond motifs is 1. The molecule has 0 saturated heterocycles. The van der Waals surface area contributed by atoms with E-state index < -0.39 is 38.4 Å². The van der Waals surface area contributed by atoms with Crippen molar-refractivity contribution < 1.29 is 39.5 Å². The van der Waals surface area contributed by atoms with Gasteiger partial charge in [-0.3, -0.25) is 0 Å². The number of halogens is 6. The second-order valence-corrected chi connectivity index (χ2v) is 13.6. The normalized spacial score (nSPS) is 17.3. The number of anilines is 2. The van der Waals surface area contributed by atoms with Crippen LogP contribution in [0.3, 0.4) is 0 Å². The van der Waals surface area contributed by atoms with Crippen LogP contribution in [0.4, 0.5) is 38.1 Å². The standard InChI is InChI=1S/C33H35F6N5O3S/c1-47-26-12-10-21(11-13-26)14-15-40-30-28-4-2-3-5-29(28)43-31(44-30)41-19-22-6-8-23(9-7-22)20-42-48(45,46)27-17-24(32(34,35)36)16-25(18-27)33(37,38)39/h2-5,10-13,16-18,22-23,42H,6-9,14-15,19-20H2,1H3,(H2,40,41,43,44). The number of nitrogens with zero attached hydrogens (tertiary/aromatic N) is 2. The Hall–Kier alpha value is -4.11. The summed E-state index contributed by atoms with van der Waals surface area (Å²) in [5, 5.41) is 7.63. The molecule has 258 valence electrons. The fourth-order valence-corrected chi connectivity index (χ4v) is 6.86. The molecule has 4 aromatic rings. The van der Waals surface area contributed by atoms with Crippen LogP contribution < -0.4 is 20.1 Å². The molecule has 0 spiro atoms. The lowest BCUT2D eigenvalue weighted by Crippen LogP contribution is -2.32. The number of sulfonamides is 1. The van der Waals surface area contributed by atoms with Crippen molar-refractivity contribution in [3.8, 4) is 5.75 Å². The molecular formula is C33H35F6N5O3S. The molecule has 0 aliphatic heterocycles. The highest BCUT2D eigenvalue weighted by Gasteiger charge is 2.38. The molecule has 1 fully saturated rings. The number of nitrogens with one attached hydrogen (secondary N) is 3. The van der Waals surface area contributed by atoms with Crippen molar-refractivity contribution in [2.45, 2.75) is 49.4 Å². The molecule has 0 unspecified atom stereocenters. The summed E-state index contributed by atoms with van der Waals surface area (Å²) in [5.74, 6) is 2.08. The van der Waals surface area contributed by atoms with Crippen LogP contribution in [0.5, 0.6) is 5.75 Å². The van der Waals surface area contributed by atoms with Crippen LogP contribution >= 0.6 is 0 Å². The first-order valence-corrected chi connectivity index (χ1v) is 16.9. The maximum absolute atomic E-state index is 13.2. The number of para-hydroxylation sites is 1. The largest absolute Gasteiger partial charge is 0.497 e. The van der Waals surface area contributed by atoms with E-state index >= 15 is 0 Å². The maximum Gasteiger partial charge on any atom is 0.416 e. The predicted molar refractivity (Wildman–Crippen MR) is 170 cm³/mol. The van der Waals surface area contributed by atoms with E-state index in [1.165, 1.54) is 0 Å². The van der Waals surface area contributed by atoms with Crippen molar-refractivity contribution >= 4 is 32.7 Å². The number of hydrogen-bond donors (Lipinski definition) is 3. The molecule has 1 aliphatic carbocycles. The van der Waals surface area contributed by atoms with Crippen molar-refractivity contribution in [2.24, 2.45) is 11.8 Å². The van der Waals surface area contributed by atoms with Crippen molar-refractivity contribution in [2.75, 3.05) is 37.4 Å². The average molecular weight is 696 g/mol. The van der Waals surface area contributed by atoms with Crippen LogP contribution in [-0.2, 0) is 28.8 Å². The summed E-state index contributed by atoms with van der Waals surface area (Å²) in [7, 11) is -3.00. The van der Waals surface area contributed by atoms with E-state index in [0.29, 0.717) is 37.7 Å². The van der Waals surface area contributed by atoms with Gasteiger partial charge in [0.25, 0.3) is 0 Å². The second kappa shape index (κ2) is 14.6. The Morgan fingerprint density at radius 3 is 2.00 bits per heavy atom. The van der Waals surface area contributed by atoms with Gasteiger partial charge < -0.3 is 15.4 Å². The second-order valence-electron chi connectivity index (χ2n) is 11.8. The number of aromatic nitrogens is 2. The van der Waals surface area contributed by atoms with Crippen molar-refractivity contribution in [3.05, 3.63) is 83.4 Å². The zero-order valence-corrected chi connectivity index (χ0v) is 26.8. The summed E-state index contributed by atoms with van der Waals surface area (Å²) in [6.07, 6.45) is -6.79. The number of benzene rings is 3. The van der Waals surface area contributed by atoms with Crippen LogP contribution in [0.15, 0.2) is 71.6 Å². The van der Waals surface area contributed by atoms with Gasteiger partial charge in [0.2, 0.25) is 16.0 Å². The third-order valence-electron chi connectivity index (χ3n) is 8.42. The topological polar surface area (TPSA) is 105 Å². The van der Waals surface area contributed by atoms with E-state index in [2.05, 4.69) is 20.3 Å². The zero-order chi connectivity index (χ0) is 34.5. The third kappa shape index (κ3) is 9.07. The molecule has 8 nitrogen and oxygen atoms in total. The van der Waals surface area contributed by atoms with Gasteiger partial charge >= 0.3 is 12.4 Å². The monoisotopic (exact) mass is 695 g/mol. The van der Waals surface area contributed by atoms with Gasteiger partial charge in [-0.05, 0) is 92.0 Å². The van der Waals surface area contributed by atoms with Gasteiger partial charge in [0, 0.05) is 25.0 Å². The molecule has 3 N–H and O–H groups in total. The van der Waals surface area contributed by atoms with Crippen LogP contribution in [0, 0.1) is 11.8 Å². The lowest BCUT2D eigenvalue weighted by atomic mass is 9.82. The van der Waals surface area contributed by atoms with E-state index in [1.807, 2.05) is 48.5 Å². The maximum atomic E-state index is 13.2. The fourth-order valence-electron chi connectivity index (χ4n) is 5.68. The van der Waals surface area contributed by atoms with E-state index in [-0.39, 0.29) is 36.6 Å². The van der Waals surface area contributed by atoms with Gasteiger partial charge in [-0.15, -0.1) is 0 Å². The van der Waals surface area contributed by atoms with Gasteiger partial charge in [-0.1, -0.05) is 24.3 Å². The Balaban J connectivity index is 1.14. The minimum Gasteiger partial charge on any atom is -0.497 e.